The SMILES string of the molecule is [2H]C(c1ccc(C#N)cc1C)(c1ccc([N+]#[C-])c(C)c1C)n1ncnc1C.[2H][2H].[HH].[HH].[HH].[HH].[HH].[HH].[HH].[HH].[HH].[HH].[HH].[HH]. The van der Waals surface area contributed by atoms with Crippen LogP contribution in [0.1, 0.15) is 66.7 Å². The third-order valence-corrected chi connectivity index (χ3v) is 4.67. The highest BCUT2D eigenvalue weighted by atomic mass is 15.3. The van der Waals surface area contributed by atoms with Gasteiger partial charge in [-0.1, -0.05) is 23.8 Å². The molecule has 0 bridgehead atoms. The van der Waals surface area contributed by atoms with E-state index in [4.69, 9.17) is 9.54 Å². The normalized spacial score (nSPS) is 13.7. The first kappa shape index (κ1) is 14.9. The zero-order valence-corrected chi connectivity index (χ0v) is 15.2. The maximum atomic E-state index is 9.53. The molecule has 1 atom stereocenters. The van der Waals surface area contributed by atoms with Gasteiger partial charge in [0.15, 0.2) is 5.69 Å². The molecule has 0 fully saturated rings. The lowest BCUT2D eigenvalue weighted by molar-refractivity contribution is 0.571. The molecule has 1 heterocycles. The summed E-state index contributed by atoms with van der Waals surface area (Å²) in [6, 6.07) is 9.64. The Bertz CT molecular complexity index is 1150. The van der Waals surface area contributed by atoms with Crippen LogP contribution >= 0.6 is 0 Å². The van der Waals surface area contributed by atoms with Gasteiger partial charge in [0.25, 0.3) is 0 Å². The Labute approximate surface area is 175 Å². The molecule has 3 rings (SSSR count). The second-order valence-electron chi connectivity index (χ2n) is 6.20. The maximum Gasteiger partial charge on any atom is 0.190 e. The fraction of sp³-hybridized carbons (Fsp3) is 0.238. The molecule has 0 aliphatic carbocycles. The molecular weight excluding hydrogens is 322 g/mol. The van der Waals surface area contributed by atoms with Gasteiger partial charge >= 0.3 is 0 Å². The Morgan fingerprint density at radius 1 is 1.27 bits per heavy atom. The van der Waals surface area contributed by atoms with E-state index in [9.17, 15) is 6.63 Å². The number of benzene rings is 2. The molecule has 0 saturated heterocycles. The number of aryl methyl sites for hydroxylation is 2. The fourth-order valence-corrected chi connectivity index (χ4v) is 3.08. The van der Waals surface area contributed by atoms with E-state index in [0.717, 1.165) is 22.3 Å². The zero-order chi connectivity index (χ0) is 21.8. The minimum absolute atomic E-state index is 0. The summed E-state index contributed by atoms with van der Waals surface area (Å²) < 4.78 is 21.1. The standard InChI is InChI=1S/C21H19N5.13H2/c1-13-10-17(11-22)6-7-18(13)21(26-16(4)24-12-25-26)19-8-9-20(23-5)15(3)14(19)2;;;;;;;;;;;;;/h6-10,12,21H,1-4H3;13*1H/i21D;1+1D;;;;;;;;;;;;. The Hall–Kier alpha value is -3.44. The first-order chi connectivity index (χ1) is 13.8. The molecule has 154 valence electrons. The van der Waals surface area contributed by atoms with Crippen LogP contribution < -0.4 is 0 Å². The van der Waals surface area contributed by atoms with Crippen molar-refractivity contribution in [2.24, 2.45) is 0 Å². The molecular formula is C21H45N5. The third-order valence-electron chi connectivity index (χ3n) is 4.67. The van der Waals surface area contributed by atoms with Gasteiger partial charge in [-0.15, -0.1) is 0 Å². The molecule has 5 nitrogen and oxygen atoms in total. The van der Waals surface area contributed by atoms with E-state index in [1.165, 1.54) is 6.33 Å². The Morgan fingerprint density at radius 2 is 2.00 bits per heavy atom. The van der Waals surface area contributed by atoms with Gasteiger partial charge in [0, 0.05) is 20.1 Å². The lowest BCUT2D eigenvalue weighted by atomic mass is 9.89. The van der Waals surface area contributed by atoms with Crippen LogP contribution in [-0.4, -0.2) is 14.8 Å². The lowest BCUT2D eigenvalue weighted by Crippen LogP contribution is -2.18. The summed E-state index contributed by atoms with van der Waals surface area (Å²) in [6.07, 6.45) is 1.44. The van der Waals surface area contributed by atoms with Crippen molar-refractivity contribution >= 4 is 5.69 Å². The minimum atomic E-state index is -1.37. The van der Waals surface area contributed by atoms with Gasteiger partial charge in [-0.25, -0.2) is 14.5 Å². The molecule has 2 aromatic carbocycles. The van der Waals surface area contributed by atoms with Gasteiger partial charge in [-0.05, 0) is 62.1 Å². The number of nitrogens with zero attached hydrogens (tertiary/aromatic N) is 5. The number of rotatable bonds is 3. The third kappa shape index (κ3) is 2.85. The number of hydrogen-bond acceptors (Lipinski definition) is 3. The van der Waals surface area contributed by atoms with Crippen LogP contribution in [0, 0.1) is 45.6 Å². The predicted octanol–water partition coefficient (Wildman–Crippen LogP) is 7.77. The van der Waals surface area contributed by atoms with Crippen LogP contribution in [0.3, 0.4) is 0 Å². The van der Waals surface area contributed by atoms with Crippen molar-refractivity contribution in [2.45, 2.75) is 33.7 Å². The van der Waals surface area contributed by atoms with E-state index in [-0.39, 0.29) is 17.1 Å². The quantitative estimate of drug-likeness (QED) is 0.442. The summed E-state index contributed by atoms with van der Waals surface area (Å²) in [5.41, 5.74) is 5.11. The first-order valence-electron chi connectivity index (χ1n) is 9.71. The molecule has 5 heteroatoms. The monoisotopic (exact) mass is 370 g/mol. The van der Waals surface area contributed by atoms with Crippen LogP contribution in [0.15, 0.2) is 36.7 Å². The van der Waals surface area contributed by atoms with E-state index in [1.807, 2.05) is 33.8 Å². The zero-order valence-electron chi connectivity index (χ0n) is 18.2. The molecule has 0 spiro atoms. The Kier molecular flexibility index (Phi) is 3.90. The highest BCUT2D eigenvalue weighted by Gasteiger charge is 2.24. The summed E-state index contributed by atoms with van der Waals surface area (Å²) >= 11 is 0. The molecule has 0 aliphatic heterocycles. The second kappa shape index (κ2) is 6.82. The van der Waals surface area contributed by atoms with E-state index < -0.39 is 6.02 Å². The second-order valence-corrected chi connectivity index (χ2v) is 6.20. The predicted molar refractivity (Wildman–Crippen MR) is 128 cm³/mol. The highest BCUT2D eigenvalue weighted by molar-refractivity contribution is 5.59. The van der Waals surface area contributed by atoms with Gasteiger partial charge in [-0.2, -0.15) is 10.4 Å². The topological polar surface area (TPSA) is 58.9 Å². The molecule has 0 saturated carbocycles. The van der Waals surface area contributed by atoms with Crippen molar-refractivity contribution in [2.75, 3.05) is 0 Å². The van der Waals surface area contributed by atoms with Crippen molar-refractivity contribution in [1.29, 1.82) is 5.26 Å². The summed E-state index contributed by atoms with van der Waals surface area (Å²) in [5, 5.41) is 13.5. The number of aromatic nitrogens is 3. The molecule has 3 aromatic rings. The van der Waals surface area contributed by atoms with Gasteiger partial charge in [0.2, 0.25) is 0 Å². The van der Waals surface area contributed by atoms with E-state index >= 15 is 0 Å². The summed E-state index contributed by atoms with van der Waals surface area (Å²) in [4.78, 5) is 7.78. The van der Waals surface area contributed by atoms with E-state index in [0.29, 0.717) is 22.6 Å². The van der Waals surface area contributed by atoms with Gasteiger partial charge in [0.05, 0.1) is 19.6 Å². The summed E-state index contributed by atoms with van der Waals surface area (Å²) in [5.74, 6) is 0.611. The highest BCUT2D eigenvalue weighted by Crippen LogP contribution is 2.35. The number of nitriles is 1. The molecule has 26 heavy (non-hydrogen) atoms. The number of hydrogen-bond donors (Lipinski definition) is 0. The summed E-state index contributed by atoms with van der Waals surface area (Å²) in [6.45, 7) is 14.9. The van der Waals surface area contributed by atoms with Crippen molar-refractivity contribution in [1.82, 2.24) is 14.8 Å². The minimum Gasteiger partial charge on any atom is -0.238 e. The van der Waals surface area contributed by atoms with Crippen LogP contribution in [-0.2, 0) is 0 Å². The molecule has 0 amide bonds. The lowest BCUT2D eigenvalue weighted by Gasteiger charge is -2.24. The van der Waals surface area contributed by atoms with Crippen molar-refractivity contribution in [3.8, 4) is 6.07 Å². The smallest absolute Gasteiger partial charge is 0.190 e. The van der Waals surface area contributed by atoms with Crippen LogP contribution in [0.2, 0.25) is 0 Å². The van der Waals surface area contributed by atoms with Gasteiger partial charge in [0.1, 0.15) is 18.2 Å². The maximum absolute atomic E-state index is 9.53. The molecule has 0 N–H and O–H groups in total. The average Bonchev–Trinajstić information content (AvgIpc) is 3.17. The first-order valence-corrected chi connectivity index (χ1v) is 8.21. The van der Waals surface area contributed by atoms with Crippen molar-refractivity contribution < 1.29 is 21.5 Å². The van der Waals surface area contributed by atoms with E-state index in [2.05, 4.69) is 21.0 Å². The molecule has 1 aromatic heterocycles. The molecule has 0 radical (unpaired) electrons. The Balaban J connectivity index is -0.0000000699. The average molecular weight is 371 g/mol. The van der Waals surface area contributed by atoms with Gasteiger partial charge in [-0.3, -0.25) is 0 Å². The largest absolute Gasteiger partial charge is 0.238 e. The molecule has 0 aliphatic rings. The van der Waals surface area contributed by atoms with Crippen LogP contribution in [0.25, 0.3) is 4.85 Å². The molecule has 1 unspecified atom stereocenters. The fourth-order valence-electron chi connectivity index (χ4n) is 3.08. The van der Waals surface area contributed by atoms with Crippen LogP contribution in [0.4, 0.5) is 5.69 Å². The summed E-state index contributed by atoms with van der Waals surface area (Å²) in [7, 11) is 0. The van der Waals surface area contributed by atoms with Crippen molar-refractivity contribution in [3.63, 3.8) is 0 Å². The Morgan fingerprint density at radius 3 is 2.58 bits per heavy atom. The van der Waals surface area contributed by atoms with Crippen LogP contribution in [0.5, 0.6) is 0 Å². The van der Waals surface area contributed by atoms with Gasteiger partial charge < -0.3 is 0 Å². The van der Waals surface area contributed by atoms with E-state index in [1.54, 1.807) is 28.9 Å². The van der Waals surface area contributed by atoms with Crippen molar-refractivity contribution in [3.05, 3.63) is 87.3 Å².